The van der Waals surface area contributed by atoms with Crippen LogP contribution in [0.15, 0.2) is 218 Å². The molecule has 262 valence electrons. The monoisotopic (exact) mass is 712 g/mol. The SMILES string of the molecule is c1ccc(-c2cccc(-n3c4ccc(-c5ccc6c(c5)c5ccccc5n6-c5ccccc5-c5ccccc5)cc4c4cccc(-c5ccccc5)c43)c2)cc1. The lowest BCUT2D eigenvalue weighted by Crippen LogP contribution is -1.97. The number of nitrogens with zero attached hydrogens (tertiary/aromatic N) is 2. The van der Waals surface area contributed by atoms with E-state index in [1.807, 2.05) is 0 Å². The second-order valence-electron chi connectivity index (χ2n) is 14.5. The minimum atomic E-state index is 1.15. The lowest BCUT2D eigenvalue weighted by Gasteiger charge is -2.14. The highest BCUT2D eigenvalue weighted by Gasteiger charge is 2.19. The van der Waals surface area contributed by atoms with Gasteiger partial charge in [0.2, 0.25) is 0 Å². The van der Waals surface area contributed by atoms with E-state index in [-0.39, 0.29) is 0 Å². The van der Waals surface area contributed by atoms with Crippen LogP contribution >= 0.6 is 0 Å². The van der Waals surface area contributed by atoms with Crippen LogP contribution in [0.2, 0.25) is 0 Å². The molecule has 0 atom stereocenters. The number of fused-ring (bicyclic) bond motifs is 6. The Morgan fingerprint density at radius 1 is 0.250 bits per heavy atom. The topological polar surface area (TPSA) is 9.86 Å². The van der Waals surface area contributed by atoms with Crippen LogP contribution in [0.4, 0.5) is 0 Å². The predicted octanol–water partition coefficient (Wildman–Crippen LogP) is 14.5. The highest BCUT2D eigenvalue weighted by molar-refractivity contribution is 6.15. The van der Waals surface area contributed by atoms with Crippen LogP contribution in [-0.4, -0.2) is 9.13 Å². The molecule has 0 saturated heterocycles. The average Bonchev–Trinajstić information content (AvgIpc) is 3.79. The number of aromatic nitrogens is 2. The van der Waals surface area contributed by atoms with Crippen LogP contribution in [0.1, 0.15) is 0 Å². The molecule has 56 heavy (non-hydrogen) atoms. The molecule has 0 bridgehead atoms. The molecule has 2 aromatic heterocycles. The van der Waals surface area contributed by atoms with Crippen molar-refractivity contribution < 1.29 is 0 Å². The molecule has 2 heterocycles. The number of hydrogen-bond acceptors (Lipinski definition) is 0. The first-order valence-electron chi connectivity index (χ1n) is 19.3. The molecular formula is C54H36N2. The molecule has 2 heteroatoms. The van der Waals surface area contributed by atoms with Crippen LogP contribution in [0, 0.1) is 0 Å². The molecule has 0 aliphatic carbocycles. The third kappa shape index (κ3) is 5.19. The Balaban J connectivity index is 1.12. The third-order valence-corrected chi connectivity index (χ3v) is 11.3. The van der Waals surface area contributed by atoms with Gasteiger partial charge in [0.25, 0.3) is 0 Å². The molecule has 0 saturated carbocycles. The molecule has 0 aliphatic rings. The Hall–Kier alpha value is -7.42. The fourth-order valence-electron chi connectivity index (χ4n) is 8.76. The van der Waals surface area contributed by atoms with E-state index in [1.165, 1.54) is 93.8 Å². The molecule has 0 radical (unpaired) electrons. The third-order valence-electron chi connectivity index (χ3n) is 11.3. The van der Waals surface area contributed by atoms with Crippen LogP contribution in [0.3, 0.4) is 0 Å². The normalized spacial score (nSPS) is 11.6. The summed E-state index contributed by atoms with van der Waals surface area (Å²) in [6.45, 7) is 0. The Bertz CT molecular complexity index is 3220. The van der Waals surface area contributed by atoms with Crippen molar-refractivity contribution in [2.75, 3.05) is 0 Å². The Morgan fingerprint density at radius 3 is 1.46 bits per heavy atom. The molecule has 9 aromatic carbocycles. The van der Waals surface area contributed by atoms with Crippen molar-refractivity contribution in [1.82, 2.24) is 9.13 Å². The summed E-state index contributed by atoms with van der Waals surface area (Å²) < 4.78 is 4.90. The lowest BCUT2D eigenvalue weighted by atomic mass is 9.99. The van der Waals surface area contributed by atoms with Gasteiger partial charge in [0.1, 0.15) is 0 Å². The Morgan fingerprint density at radius 2 is 0.732 bits per heavy atom. The van der Waals surface area contributed by atoms with E-state index < -0.39 is 0 Å². The fourth-order valence-corrected chi connectivity index (χ4v) is 8.76. The first-order chi connectivity index (χ1) is 27.8. The van der Waals surface area contributed by atoms with Gasteiger partial charge >= 0.3 is 0 Å². The molecule has 0 N–H and O–H groups in total. The summed E-state index contributed by atoms with van der Waals surface area (Å²) in [6.07, 6.45) is 0. The van der Waals surface area contributed by atoms with Crippen molar-refractivity contribution in [3.63, 3.8) is 0 Å². The van der Waals surface area contributed by atoms with Crippen molar-refractivity contribution in [2.24, 2.45) is 0 Å². The van der Waals surface area contributed by atoms with Gasteiger partial charge in [0.15, 0.2) is 0 Å². The largest absolute Gasteiger partial charge is 0.309 e. The predicted molar refractivity (Wildman–Crippen MR) is 237 cm³/mol. The summed E-state index contributed by atoms with van der Waals surface area (Å²) in [5.41, 5.74) is 16.8. The number of rotatable bonds is 6. The second-order valence-corrected chi connectivity index (χ2v) is 14.5. The molecule has 0 fully saturated rings. The molecule has 2 nitrogen and oxygen atoms in total. The molecule has 11 aromatic rings. The van der Waals surface area contributed by atoms with Gasteiger partial charge in [-0.25, -0.2) is 0 Å². The van der Waals surface area contributed by atoms with Gasteiger partial charge in [-0.15, -0.1) is 0 Å². The zero-order valence-corrected chi connectivity index (χ0v) is 30.7. The van der Waals surface area contributed by atoms with E-state index >= 15 is 0 Å². The minimum Gasteiger partial charge on any atom is -0.309 e. The van der Waals surface area contributed by atoms with Crippen molar-refractivity contribution in [2.45, 2.75) is 0 Å². The van der Waals surface area contributed by atoms with E-state index in [2.05, 4.69) is 228 Å². The van der Waals surface area contributed by atoms with Gasteiger partial charge in [0, 0.05) is 38.4 Å². The van der Waals surface area contributed by atoms with Gasteiger partial charge in [-0.2, -0.15) is 0 Å². The van der Waals surface area contributed by atoms with Gasteiger partial charge in [0.05, 0.1) is 27.8 Å². The van der Waals surface area contributed by atoms with Crippen LogP contribution in [0.25, 0.3) is 99.5 Å². The number of hydrogen-bond donors (Lipinski definition) is 0. The van der Waals surface area contributed by atoms with E-state index in [0.29, 0.717) is 0 Å². The fraction of sp³-hybridized carbons (Fsp3) is 0. The standard InChI is InChI=1S/C54H36N2/c1-4-16-37(17-5-1)40-22-14-23-43(34-40)55-52-32-30-42(36-49(52)47-27-15-26-45(54(47)55)39-20-8-3-9-21-39)41-31-33-53-48(35-41)46-25-11-13-29-51(46)56(53)50-28-12-10-24-44(50)38-18-6-2-7-19-38/h1-36H. The summed E-state index contributed by atoms with van der Waals surface area (Å²) in [6, 6.07) is 79.4. The summed E-state index contributed by atoms with van der Waals surface area (Å²) >= 11 is 0. The Kier molecular flexibility index (Phi) is 7.53. The van der Waals surface area contributed by atoms with E-state index in [4.69, 9.17) is 0 Å². The number of para-hydroxylation sites is 3. The first kappa shape index (κ1) is 32.0. The highest BCUT2D eigenvalue weighted by atomic mass is 15.0. The second kappa shape index (κ2) is 13.2. The van der Waals surface area contributed by atoms with Crippen LogP contribution in [-0.2, 0) is 0 Å². The molecule has 0 aliphatic heterocycles. The summed E-state index contributed by atoms with van der Waals surface area (Å²) in [4.78, 5) is 0. The summed E-state index contributed by atoms with van der Waals surface area (Å²) in [5, 5.41) is 4.96. The summed E-state index contributed by atoms with van der Waals surface area (Å²) in [5.74, 6) is 0. The smallest absolute Gasteiger partial charge is 0.0619 e. The maximum Gasteiger partial charge on any atom is 0.0619 e. The van der Waals surface area contributed by atoms with Crippen molar-refractivity contribution >= 4 is 43.6 Å². The van der Waals surface area contributed by atoms with Crippen LogP contribution < -0.4 is 0 Å². The quantitative estimate of drug-likeness (QED) is 0.162. The van der Waals surface area contributed by atoms with E-state index in [1.54, 1.807) is 0 Å². The molecule has 0 unspecified atom stereocenters. The number of benzene rings is 9. The van der Waals surface area contributed by atoms with Crippen LogP contribution in [0.5, 0.6) is 0 Å². The van der Waals surface area contributed by atoms with Crippen molar-refractivity contribution in [1.29, 1.82) is 0 Å². The zero-order chi connectivity index (χ0) is 37.0. The van der Waals surface area contributed by atoms with Crippen molar-refractivity contribution in [3.8, 4) is 55.9 Å². The highest BCUT2D eigenvalue weighted by Crippen LogP contribution is 2.42. The van der Waals surface area contributed by atoms with Gasteiger partial charge in [-0.05, 0) is 81.9 Å². The maximum atomic E-state index is 2.46. The zero-order valence-electron chi connectivity index (χ0n) is 30.7. The van der Waals surface area contributed by atoms with Crippen molar-refractivity contribution in [3.05, 3.63) is 218 Å². The Labute approximate surface area is 325 Å². The van der Waals surface area contributed by atoms with Gasteiger partial charge in [-0.1, -0.05) is 170 Å². The van der Waals surface area contributed by atoms with E-state index in [9.17, 15) is 0 Å². The average molecular weight is 713 g/mol. The minimum absolute atomic E-state index is 1.15. The first-order valence-corrected chi connectivity index (χ1v) is 19.3. The molecule has 0 amide bonds. The molecule has 0 spiro atoms. The summed E-state index contributed by atoms with van der Waals surface area (Å²) in [7, 11) is 0. The maximum absolute atomic E-state index is 2.46. The van der Waals surface area contributed by atoms with E-state index in [0.717, 1.165) is 5.69 Å². The molecular weight excluding hydrogens is 677 g/mol. The van der Waals surface area contributed by atoms with Gasteiger partial charge in [-0.3, -0.25) is 0 Å². The molecule has 11 rings (SSSR count). The lowest BCUT2D eigenvalue weighted by molar-refractivity contribution is 1.18. The van der Waals surface area contributed by atoms with Gasteiger partial charge < -0.3 is 9.13 Å².